The van der Waals surface area contributed by atoms with E-state index < -0.39 is 6.47 Å². The molecule has 0 bridgehead atoms. The number of benzene rings is 2. The van der Waals surface area contributed by atoms with E-state index in [-0.39, 0.29) is 5.78 Å². The summed E-state index contributed by atoms with van der Waals surface area (Å²) >= 11 is 14.3. The van der Waals surface area contributed by atoms with E-state index >= 15 is 0 Å². The maximum atomic E-state index is 13.0. The van der Waals surface area contributed by atoms with Gasteiger partial charge in [0.25, 0.3) is 0 Å². The molecule has 128 valence electrons. The third-order valence-electron chi connectivity index (χ3n) is 3.76. The average Bonchev–Trinajstić information content (AvgIpc) is 2.51. The van der Waals surface area contributed by atoms with Gasteiger partial charge in [-0.1, -0.05) is 123 Å². The first-order valence-electron chi connectivity index (χ1n) is 7.52. The van der Waals surface area contributed by atoms with E-state index in [2.05, 4.69) is 88.0 Å². The lowest BCUT2D eigenvalue weighted by molar-refractivity contribution is -0.119. The predicted octanol–water partition coefficient (Wildman–Crippen LogP) is 6.63. The van der Waals surface area contributed by atoms with Crippen molar-refractivity contribution in [1.29, 1.82) is 0 Å². The molecule has 0 heterocycles. The zero-order valence-electron chi connectivity index (χ0n) is 13.5. The smallest absolute Gasteiger partial charge is 0.188 e. The normalized spacial score (nSPS) is 12.2. The van der Waals surface area contributed by atoms with Crippen molar-refractivity contribution in [3.8, 4) is 0 Å². The van der Waals surface area contributed by atoms with Crippen molar-refractivity contribution in [2.75, 3.05) is 0 Å². The van der Waals surface area contributed by atoms with Crippen molar-refractivity contribution in [2.24, 2.45) is 0 Å². The van der Waals surface area contributed by atoms with Crippen LogP contribution in [0.25, 0.3) is 0 Å². The van der Waals surface area contributed by atoms with Crippen molar-refractivity contribution in [3.05, 3.63) is 70.8 Å². The number of hydrogen-bond donors (Lipinski definition) is 0. The van der Waals surface area contributed by atoms with Gasteiger partial charge in [0.05, 0.1) is 0 Å². The molecule has 0 spiro atoms. The average molecular weight is 582 g/mol. The van der Waals surface area contributed by atoms with E-state index in [0.717, 1.165) is 11.1 Å². The molecular weight excluding hydrogens is 564 g/mol. The highest BCUT2D eigenvalue weighted by Gasteiger charge is 2.45. The van der Waals surface area contributed by atoms with Crippen LogP contribution in [-0.4, -0.2) is 12.3 Å². The van der Waals surface area contributed by atoms with E-state index in [1.807, 2.05) is 38.1 Å². The summed E-state index contributed by atoms with van der Waals surface area (Å²) in [6.07, 6.45) is 1.11. The van der Waals surface area contributed by atoms with E-state index in [9.17, 15) is 4.79 Å². The fourth-order valence-corrected chi connectivity index (χ4v) is 6.07. The summed E-state index contributed by atoms with van der Waals surface area (Å²) in [6, 6.07) is 16.4. The maximum absolute atomic E-state index is 13.0. The highest BCUT2D eigenvalue weighted by molar-refractivity contribution is 9.27. The number of alkyl halides is 4. The van der Waals surface area contributed by atoms with E-state index in [0.29, 0.717) is 12.8 Å². The van der Waals surface area contributed by atoms with Crippen molar-refractivity contribution in [2.45, 2.75) is 33.2 Å². The molecule has 0 saturated carbocycles. The molecule has 0 saturated heterocycles. The number of hydrogen-bond acceptors (Lipinski definition) is 1. The Kier molecular flexibility index (Phi) is 6.91. The minimum atomic E-state index is -0.840. The molecule has 0 aliphatic carbocycles. The Morgan fingerprint density at radius 1 is 0.708 bits per heavy atom. The highest BCUT2D eigenvalue weighted by atomic mass is 79.9. The van der Waals surface area contributed by atoms with Gasteiger partial charge in [0.15, 0.2) is 5.78 Å². The second kappa shape index (κ2) is 8.15. The van der Waals surface area contributed by atoms with Gasteiger partial charge in [-0.25, -0.2) is 0 Å². The minimum Gasteiger partial charge on any atom is -0.295 e. The number of carbonyl (C=O) groups is 1. The van der Waals surface area contributed by atoms with Crippen LogP contribution in [-0.2, 0) is 17.6 Å². The van der Waals surface area contributed by atoms with Gasteiger partial charge >= 0.3 is 0 Å². The van der Waals surface area contributed by atoms with Gasteiger partial charge in [0, 0.05) is 12.8 Å². The molecule has 0 aliphatic heterocycles. The summed E-state index contributed by atoms with van der Waals surface area (Å²) in [5, 5.41) is 0. The van der Waals surface area contributed by atoms with Gasteiger partial charge in [-0.05, 0) is 25.0 Å². The molecule has 0 fully saturated rings. The third kappa shape index (κ3) is 5.52. The summed E-state index contributed by atoms with van der Waals surface area (Å²) in [5.74, 6) is -0.00356. The first-order chi connectivity index (χ1) is 11.1. The molecule has 0 radical (unpaired) electrons. The Morgan fingerprint density at radius 2 is 1.00 bits per heavy atom. The van der Waals surface area contributed by atoms with Crippen molar-refractivity contribution >= 4 is 69.5 Å². The largest absolute Gasteiger partial charge is 0.295 e. The highest BCUT2D eigenvalue weighted by Crippen LogP contribution is 2.43. The van der Waals surface area contributed by atoms with Crippen LogP contribution in [0.15, 0.2) is 48.5 Å². The number of Topliss-reactive ketones (excluding diaryl/α,β-unsaturated/α-hetero) is 1. The number of rotatable bonds is 6. The van der Waals surface area contributed by atoms with E-state index in [4.69, 9.17) is 0 Å². The van der Waals surface area contributed by atoms with Crippen LogP contribution in [0.5, 0.6) is 0 Å². The predicted molar refractivity (Wildman–Crippen MR) is 116 cm³/mol. The van der Waals surface area contributed by atoms with Gasteiger partial charge in [0.2, 0.25) is 0 Å². The lowest BCUT2D eigenvalue weighted by Crippen LogP contribution is -2.41. The number of halogens is 4. The van der Waals surface area contributed by atoms with Gasteiger partial charge in [-0.2, -0.15) is 0 Å². The minimum absolute atomic E-state index is 0.00356. The molecule has 0 aromatic heterocycles. The Morgan fingerprint density at radius 3 is 1.29 bits per heavy atom. The van der Waals surface area contributed by atoms with Gasteiger partial charge in [-0.15, -0.1) is 0 Å². The van der Waals surface area contributed by atoms with Crippen LogP contribution in [0.3, 0.4) is 0 Å². The van der Waals surface area contributed by atoms with Crippen LogP contribution in [0.4, 0.5) is 0 Å². The SMILES string of the molecule is Cc1ccc(CC(Br)(Br)C(=O)C(Br)(Br)Cc2ccc(C)cc2)cc1. The van der Waals surface area contributed by atoms with Gasteiger partial charge in [-0.3, -0.25) is 4.79 Å². The summed E-state index contributed by atoms with van der Waals surface area (Å²) < 4.78 is -1.68. The fourth-order valence-electron chi connectivity index (χ4n) is 2.35. The molecule has 2 aromatic rings. The second-order valence-electron chi connectivity index (χ2n) is 6.06. The quantitative estimate of drug-likeness (QED) is 0.350. The molecule has 0 aliphatic rings. The first-order valence-corrected chi connectivity index (χ1v) is 10.7. The number of ketones is 1. The van der Waals surface area contributed by atoms with Gasteiger partial charge in [0.1, 0.15) is 6.47 Å². The van der Waals surface area contributed by atoms with Crippen molar-refractivity contribution in [3.63, 3.8) is 0 Å². The fraction of sp³-hybridized carbons (Fsp3) is 0.316. The van der Waals surface area contributed by atoms with Crippen LogP contribution >= 0.6 is 63.7 Å². The first kappa shape index (κ1) is 20.3. The lowest BCUT2D eigenvalue weighted by atomic mass is 10.0. The molecule has 0 unspecified atom stereocenters. The number of carbonyl (C=O) groups excluding carboxylic acids is 1. The molecular formula is C19H18Br4O. The Balaban J connectivity index is 2.14. The molecule has 24 heavy (non-hydrogen) atoms. The lowest BCUT2D eigenvalue weighted by Gasteiger charge is -2.28. The zero-order chi connectivity index (χ0) is 18.0. The standard InChI is InChI=1S/C19H18Br4O/c1-13-3-7-15(8-4-13)11-18(20,21)17(24)19(22,23)12-16-9-5-14(2)6-10-16/h3-10H,11-12H2,1-2H3. The molecule has 0 atom stereocenters. The zero-order valence-corrected chi connectivity index (χ0v) is 19.8. The molecule has 1 nitrogen and oxygen atoms in total. The Hall–Kier alpha value is 0.0300. The third-order valence-corrected chi connectivity index (χ3v) is 6.32. The van der Waals surface area contributed by atoms with E-state index in [1.54, 1.807) is 0 Å². The van der Waals surface area contributed by atoms with Crippen molar-refractivity contribution in [1.82, 2.24) is 0 Å². The van der Waals surface area contributed by atoms with Crippen LogP contribution in [0.1, 0.15) is 22.3 Å². The molecule has 5 heteroatoms. The molecule has 2 aromatic carbocycles. The molecule has 0 amide bonds. The topological polar surface area (TPSA) is 17.1 Å². The van der Waals surface area contributed by atoms with Crippen LogP contribution in [0.2, 0.25) is 0 Å². The molecule has 2 rings (SSSR count). The summed E-state index contributed by atoms with van der Waals surface area (Å²) in [4.78, 5) is 13.0. The molecule has 0 N–H and O–H groups in total. The van der Waals surface area contributed by atoms with Crippen LogP contribution in [0, 0.1) is 13.8 Å². The van der Waals surface area contributed by atoms with Crippen LogP contribution < -0.4 is 0 Å². The summed E-state index contributed by atoms with van der Waals surface area (Å²) in [6.45, 7) is 4.10. The summed E-state index contributed by atoms with van der Waals surface area (Å²) in [7, 11) is 0. The maximum Gasteiger partial charge on any atom is 0.188 e. The van der Waals surface area contributed by atoms with Crippen molar-refractivity contribution < 1.29 is 4.79 Å². The van der Waals surface area contributed by atoms with E-state index in [1.165, 1.54) is 11.1 Å². The second-order valence-corrected chi connectivity index (χ2v) is 13.6. The monoisotopic (exact) mass is 578 g/mol. The van der Waals surface area contributed by atoms with Gasteiger partial charge < -0.3 is 0 Å². The Bertz CT molecular complexity index is 642. The number of aryl methyl sites for hydroxylation is 2. The Labute approximate surface area is 177 Å². The summed E-state index contributed by atoms with van der Waals surface area (Å²) in [5.41, 5.74) is 4.59.